The predicted molar refractivity (Wildman–Crippen MR) is 86.1 cm³/mol. The van der Waals surface area contributed by atoms with Gasteiger partial charge in [0.25, 0.3) is 5.91 Å². The predicted octanol–water partition coefficient (Wildman–Crippen LogP) is 2.90. The van der Waals surface area contributed by atoms with E-state index in [1.54, 1.807) is 42.5 Å². The Bertz CT molecular complexity index is 842. The van der Waals surface area contributed by atoms with Crippen LogP contribution in [0.15, 0.2) is 42.5 Å². The highest BCUT2D eigenvalue weighted by Crippen LogP contribution is 2.17. The molecule has 2 aromatic carbocycles. The second-order valence-electron chi connectivity index (χ2n) is 4.68. The number of nitrogens with one attached hydrogen (secondary N) is 2. The summed E-state index contributed by atoms with van der Waals surface area (Å²) in [5, 5.41) is 5.47. The molecule has 1 heterocycles. The lowest BCUT2D eigenvalue weighted by molar-refractivity contribution is -0.114. The quantitative estimate of drug-likeness (QED) is 0.779. The third-order valence-electron chi connectivity index (χ3n) is 2.98. The summed E-state index contributed by atoms with van der Waals surface area (Å²) in [5.41, 5.74) is 3.34. The van der Waals surface area contributed by atoms with Gasteiger partial charge in [0.15, 0.2) is 0 Å². The minimum Gasteiger partial charge on any atom is -0.326 e. The summed E-state index contributed by atoms with van der Waals surface area (Å²) >= 11 is 1.12. The highest BCUT2D eigenvalue weighted by molar-refractivity contribution is 7.00. The minimum absolute atomic E-state index is 0.137. The van der Waals surface area contributed by atoms with Gasteiger partial charge in [0, 0.05) is 23.9 Å². The molecule has 2 N–H and O–H groups in total. The fourth-order valence-electron chi connectivity index (χ4n) is 1.97. The molecule has 0 saturated carbocycles. The summed E-state index contributed by atoms with van der Waals surface area (Å²) in [6.07, 6.45) is 0. The minimum atomic E-state index is -0.220. The molecule has 0 aliphatic heterocycles. The molecule has 0 fully saturated rings. The molecule has 0 aliphatic rings. The zero-order valence-electron chi connectivity index (χ0n) is 11.7. The van der Waals surface area contributed by atoms with Crippen molar-refractivity contribution in [1.82, 2.24) is 8.75 Å². The Kier molecular flexibility index (Phi) is 3.80. The normalized spacial score (nSPS) is 10.4. The van der Waals surface area contributed by atoms with Crippen LogP contribution in [0.2, 0.25) is 0 Å². The Morgan fingerprint density at radius 3 is 2.23 bits per heavy atom. The molecule has 0 spiro atoms. The summed E-state index contributed by atoms with van der Waals surface area (Å²) in [6, 6.07) is 12.1. The number of nitrogens with zero attached hydrogens (tertiary/aromatic N) is 2. The highest BCUT2D eigenvalue weighted by Gasteiger charge is 2.08. The molecule has 1 aromatic heterocycles. The molecule has 3 aromatic rings. The SMILES string of the molecule is CC(=O)Nc1ccc(NC(=O)c2ccc3nsnc3c2)cc1. The van der Waals surface area contributed by atoms with Crippen molar-refractivity contribution in [2.75, 3.05) is 10.6 Å². The molecule has 0 saturated heterocycles. The third-order valence-corrected chi connectivity index (χ3v) is 3.54. The average Bonchev–Trinajstić information content (AvgIpc) is 2.96. The number of benzene rings is 2. The lowest BCUT2D eigenvalue weighted by Gasteiger charge is -2.07. The van der Waals surface area contributed by atoms with Crippen molar-refractivity contribution < 1.29 is 9.59 Å². The summed E-state index contributed by atoms with van der Waals surface area (Å²) in [4.78, 5) is 23.2. The number of amides is 2. The summed E-state index contributed by atoms with van der Waals surface area (Å²) in [5.74, 6) is -0.357. The molecule has 0 radical (unpaired) electrons. The lowest BCUT2D eigenvalue weighted by atomic mass is 10.2. The summed E-state index contributed by atoms with van der Waals surface area (Å²) in [7, 11) is 0. The zero-order valence-corrected chi connectivity index (χ0v) is 12.5. The van der Waals surface area contributed by atoms with Crippen LogP contribution in [0.25, 0.3) is 11.0 Å². The summed E-state index contributed by atoms with van der Waals surface area (Å²) < 4.78 is 8.22. The molecule has 7 heteroatoms. The molecule has 22 heavy (non-hydrogen) atoms. The van der Waals surface area contributed by atoms with E-state index < -0.39 is 0 Å². The Balaban J connectivity index is 1.74. The standard InChI is InChI=1S/C15H12N4O2S/c1-9(20)16-11-3-5-12(6-4-11)17-15(21)10-2-7-13-14(8-10)19-22-18-13/h2-8H,1H3,(H,16,20)(H,17,21). The van der Waals surface area contributed by atoms with E-state index in [1.807, 2.05) is 0 Å². The highest BCUT2D eigenvalue weighted by atomic mass is 32.1. The fraction of sp³-hybridized carbons (Fsp3) is 0.0667. The van der Waals surface area contributed by atoms with Gasteiger partial charge in [-0.25, -0.2) is 0 Å². The van der Waals surface area contributed by atoms with Crippen LogP contribution in [0.1, 0.15) is 17.3 Å². The number of rotatable bonds is 3. The van der Waals surface area contributed by atoms with Crippen LogP contribution < -0.4 is 10.6 Å². The number of carbonyl (C=O) groups excluding carboxylic acids is 2. The van der Waals surface area contributed by atoms with Crippen molar-refractivity contribution in [3.63, 3.8) is 0 Å². The molecule has 0 atom stereocenters. The maximum absolute atomic E-state index is 12.2. The molecule has 6 nitrogen and oxygen atoms in total. The molecule has 0 bridgehead atoms. The molecular formula is C15H12N4O2S. The Morgan fingerprint density at radius 1 is 0.909 bits per heavy atom. The number of carbonyl (C=O) groups is 2. The molecule has 2 amide bonds. The number of hydrogen-bond acceptors (Lipinski definition) is 5. The first-order valence-electron chi connectivity index (χ1n) is 6.53. The van der Waals surface area contributed by atoms with Crippen LogP contribution in [-0.4, -0.2) is 20.6 Å². The van der Waals surface area contributed by atoms with Gasteiger partial charge in [0.1, 0.15) is 11.0 Å². The van der Waals surface area contributed by atoms with Crippen molar-refractivity contribution in [2.45, 2.75) is 6.92 Å². The van der Waals surface area contributed by atoms with Crippen molar-refractivity contribution in [2.24, 2.45) is 0 Å². The topological polar surface area (TPSA) is 84.0 Å². The fourth-order valence-corrected chi connectivity index (χ4v) is 2.48. The van der Waals surface area contributed by atoms with Gasteiger partial charge in [-0.1, -0.05) is 0 Å². The van der Waals surface area contributed by atoms with Gasteiger partial charge in [-0.05, 0) is 42.5 Å². The van der Waals surface area contributed by atoms with Gasteiger partial charge in [-0.2, -0.15) is 8.75 Å². The first-order valence-corrected chi connectivity index (χ1v) is 7.26. The Labute approximate surface area is 130 Å². The van der Waals surface area contributed by atoms with Crippen LogP contribution >= 0.6 is 11.7 Å². The van der Waals surface area contributed by atoms with Crippen LogP contribution in [-0.2, 0) is 4.79 Å². The Hall–Kier alpha value is -2.80. The van der Waals surface area contributed by atoms with Crippen molar-refractivity contribution in [1.29, 1.82) is 0 Å². The van der Waals surface area contributed by atoms with E-state index in [2.05, 4.69) is 19.4 Å². The number of hydrogen-bond donors (Lipinski definition) is 2. The molecule has 3 rings (SSSR count). The van der Waals surface area contributed by atoms with Crippen molar-refractivity contribution in [3.05, 3.63) is 48.0 Å². The van der Waals surface area contributed by atoms with Crippen LogP contribution in [0.5, 0.6) is 0 Å². The Morgan fingerprint density at radius 2 is 1.55 bits per heavy atom. The molecule has 110 valence electrons. The van der Waals surface area contributed by atoms with E-state index in [0.717, 1.165) is 17.2 Å². The van der Waals surface area contributed by atoms with Gasteiger partial charge in [0.2, 0.25) is 5.91 Å². The third kappa shape index (κ3) is 3.09. The van der Waals surface area contributed by atoms with Gasteiger partial charge in [-0.15, -0.1) is 0 Å². The van der Waals surface area contributed by atoms with E-state index >= 15 is 0 Å². The largest absolute Gasteiger partial charge is 0.326 e. The average molecular weight is 312 g/mol. The van der Waals surface area contributed by atoms with Crippen LogP contribution in [0.3, 0.4) is 0 Å². The first kappa shape index (κ1) is 14.2. The van der Waals surface area contributed by atoms with Crippen molar-refractivity contribution >= 4 is 46.0 Å². The van der Waals surface area contributed by atoms with Gasteiger partial charge < -0.3 is 10.6 Å². The molecule has 0 unspecified atom stereocenters. The van der Waals surface area contributed by atoms with E-state index in [4.69, 9.17) is 0 Å². The number of fused-ring (bicyclic) bond motifs is 1. The van der Waals surface area contributed by atoms with E-state index in [1.165, 1.54) is 6.92 Å². The smallest absolute Gasteiger partial charge is 0.255 e. The molecular weight excluding hydrogens is 300 g/mol. The monoisotopic (exact) mass is 312 g/mol. The van der Waals surface area contributed by atoms with E-state index in [9.17, 15) is 9.59 Å². The number of anilines is 2. The van der Waals surface area contributed by atoms with E-state index in [-0.39, 0.29) is 11.8 Å². The van der Waals surface area contributed by atoms with Crippen LogP contribution in [0, 0.1) is 0 Å². The lowest BCUT2D eigenvalue weighted by Crippen LogP contribution is -2.12. The second kappa shape index (κ2) is 5.90. The number of aromatic nitrogens is 2. The van der Waals surface area contributed by atoms with Gasteiger partial charge >= 0.3 is 0 Å². The maximum atomic E-state index is 12.2. The van der Waals surface area contributed by atoms with E-state index in [0.29, 0.717) is 22.5 Å². The van der Waals surface area contributed by atoms with Gasteiger partial charge in [-0.3, -0.25) is 9.59 Å². The molecule has 0 aliphatic carbocycles. The second-order valence-corrected chi connectivity index (χ2v) is 5.21. The summed E-state index contributed by atoms with van der Waals surface area (Å²) in [6.45, 7) is 1.44. The van der Waals surface area contributed by atoms with Crippen LogP contribution in [0.4, 0.5) is 11.4 Å². The first-order chi connectivity index (χ1) is 10.6. The maximum Gasteiger partial charge on any atom is 0.255 e. The van der Waals surface area contributed by atoms with Crippen molar-refractivity contribution in [3.8, 4) is 0 Å². The van der Waals surface area contributed by atoms with Gasteiger partial charge in [0.05, 0.1) is 11.7 Å². The zero-order chi connectivity index (χ0) is 15.5.